The number of aliphatic hydroxyl groups is 1. The fourth-order valence-corrected chi connectivity index (χ4v) is 4.40. The number of rotatable bonds is 6. The molecule has 2 heterocycles. The number of amides is 3. The van der Waals surface area contributed by atoms with Crippen LogP contribution in [0.15, 0.2) is 29.2 Å². The minimum atomic E-state index is -0.468. The lowest BCUT2D eigenvalue weighted by Gasteiger charge is -2.36. The number of likely N-dealkylation sites (tertiary alicyclic amines) is 1. The predicted molar refractivity (Wildman–Crippen MR) is 107 cm³/mol. The Labute approximate surface area is 168 Å². The van der Waals surface area contributed by atoms with Crippen LogP contribution >= 0.6 is 11.8 Å². The number of benzene rings is 1. The highest BCUT2D eigenvalue weighted by Gasteiger charge is 2.38. The van der Waals surface area contributed by atoms with Gasteiger partial charge in [0.05, 0.1) is 12.0 Å². The molecule has 2 saturated heterocycles. The molecule has 1 aromatic rings. The first kappa shape index (κ1) is 20.4. The number of carbonyl (C=O) groups excluding carboxylic acids is 3. The Morgan fingerprint density at radius 2 is 2.11 bits per heavy atom. The summed E-state index contributed by atoms with van der Waals surface area (Å²) >= 11 is 0.828. The SMILES string of the molecule is COc1ccccc1/C=C1\SC(=O)N(CC(=O)N2CCCC[C@@H]2CCO)C1=O. The molecule has 1 aromatic carbocycles. The summed E-state index contributed by atoms with van der Waals surface area (Å²) in [5.74, 6) is -0.116. The molecule has 7 nitrogen and oxygen atoms in total. The van der Waals surface area contributed by atoms with Crippen molar-refractivity contribution in [2.24, 2.45) is 0 Å². The molecule has 28 heavy (non-hydrogen) atoms. The largest absolute Gasteiger partial charge is 0.496 e. The number of hydrogen-bond donors (Lipinski definition) is 1. The summed E-state index contributed by atoms with van der Waals surface area (Å²) in [6.45, 7) is 0.338. The monoisotopic (exact) mass is 404 g/mol. The highest BCUT2D eigenvalue weighted by atomic mass is 32.2. The number of carbonyl (C=O) groups is 3. The summed E-state index contributed by atoms with van der Waals surface area (Å²) in [4.78, 5) is 40.8. The van der Waals surface area contributed by atoms with Gasteiger partial charge in [-0.05, 0) is 49.6 Å². The number of piperidine rings is 1. The summed E-state index contributed by atoms with van der Waals surface area (Å²) in [5, 5.41) is 8.78. The van der Waals surface area contributed by atoms with Crippen LogP contribution in [0, 0.1) is 0 Å². The number of hydrogen-bond acceptors (Lipinski definition) is 6. The van der Waals surface area contributed by atoms with Gasteiger partial charge < -0.3 is 14.7 Å². The van der Waals surface area contributed by atoms with E-state index in [2.05, 4.69) is 0 Å². The van der Waals surface area contributed by atoms with Gasteiger partial charge in [0.1, 0.15) is 12.3 Å². The van der Waals surface area contributed by atoms with Crippen molar-refractivity contribution in [2.45, 2.75) is 31.7 Å². The quantitative estimate of drug-likeness (QED) is 0.733. The van der Waals surface area contributed by atoms with Gasteiger partial charge in [-0.2, -0.15) is 0 Å². The smallest absolute Gasteiger partial charge is 0.294 e. The Balaban J connectivity index is 1.73. The van der Waals surface area contributed by atoms with E-state index in [1.807, 2.05) is 12.1 Å². The molecule has 0 saturated carbocycles. The predicted octanol–water partition coefficient (Wildman–Crippen LogP) is 2.50. The average molecular weight is 404 g/mol. The molecule has 0 aromatic heterocycles. The molecule has 0 aliphatic carbocycles. The third kappa shape index (κ3) is 4.39. The average Bonchev–Trinajstić information content (AvgIpc) is 2.96. The lowest BCUT2D eigenvalue weighted by Crippen LogP contribution is -2.49. The van der Waals surface area contributed by atoms with Crippen molar-refractivity contribution in [1.29, 1.82) is 0 Å². The normalized spacial score (nSPS) is 21.5. The lowest BCUT2D eigenvalue weighted by molar-refractivity contribution is -0.139. The van der Waals surface area contributed by atoms with Crippen LogP contribution in [0.5, 0.6) is 5.75 Å². The Bertz CT molecular complexity index is 793. The molecule has 0 spiro atoms. The summed E-state index contributed by atoms with van der Waals surface area (Å²) in [6.07, 6.45) is 4.87. The summed E-state index contributed by atoms with van der Waals surface area (Å²) < 4.78 is 5.28. The van der Waals surface area contributed by atoms with Crippen molar-refractivity contribution < 1.29 is 24.2 Å². The minimum Gasteiger partial charge on any atom is -0.496 e. The maximum Gasteiger partial charge on any atom is 0.294 e. The van der Waals surface area contributed by atoms with Crippen LogP contribution in [-0.2, 0) is 9.59 Å². The first-order valence-electron chi connectivity index (χ1n) is 9.34. The lowest BCUT2D eigenvalue weighted by atomic mass is 9.99. The van der Waals surface area contributed by atoms with Gasteiger partial charge in [-0.15, -0.1) is 0 Å². The van der Waals surface area contributed by atoms with Crippen molar-refractivity contribution in [1.82, 2.24) is 9.80 Å². The van der Waals surface area contributed by atoms with Gasteiger partial charge in [0, 0.05) is 24.8 Å². The molecule has 1 atom stereocenters. The van der Waals surface area contributed by atoms with Crippen LogP contribution in [0.3, 0.4) is 0 Å². The second-order valence-electron chi connectivity index (χ2n) is 6.76. The van der Waals surface area contributed by atoms with Crippen LogP contribution in [0.2, 0.25) is 0 Å². The van der Waals surface area contributed by atoms with Crippen LogP contribution in [0.1, 0.15) is 31.2 Å². The number of methoxy groups -OCH3 is 1. The molecule has 8 heteroatoms. The van der Waals surface area contributed by atoms with Crippen molar-refractivity contribution in [3.63, 3.8) is 0 Å². The fraction of sp³-hybridized carbons (Fsp3) is 0.450. The second kappa shape index (κ2) is 9.25. The maximum absolute atomic E-state index is 12.7. The van der Waals surface area contributed by atoms with Gasteiger partial charge in [-0.3, -0.25) is 19.3 Å². The number of imide groups is 1. The Morgan fingerprint density at radius 3 is 2.86 bits per heavy atom. The number of aliphatic hydroxyl groups excluding tert-OH is 1. The standard InChI is InChI=1S/C20H24N2O5S/c1-27-16-8-3-2-6-14(16)12-17-19(25)22(20(26)28-17)13-18(24)21-10-5-4-7-15(21)9-11-23/h2-3,6,8,12,15,23H,4-5,7,9-11,13H2,1H3/b17-12-/t15-/m1/s1. The third-order valence-corrected chi connectivity index (χ3v) is 5.91. The molecular weight excluding hydrogens is 380 g/mol. The van der Waals surface area contributed by atoms with Gasteiger partial charge >= 0.3 is 0 Å². The van der Waals surface area contributed by atoms with E-state index in [1.165, 1.54) is 0 Å². The van der Waals surface area contributed by atoms with E-state index in [1.54, 1.807) is 30.2 Å². The topological polar surface area (TPSA) is 87.2 Å². The highest BCUT2D eigenvalue weighted by Crippen LogP contribution is 2.34. The molecule has 2 aliphatic rings. The minimum absolute atomic E-state index is 0.0116. The first-order chi connectivity index (χ1) is 13.5. The van der Waals surface area contributed by atoms with E-state index in [-0.39, 0.29) is 30.0 Å². The molecule has 0 radical (unpaired) electrons. The number of nitrogens with zero attached hydrogens (tertiary/aromatic N) is 2. The number of para-hydroxylation sites is 1. The van der Waals surface area contributed by atoms with Gasteiger partial charge in [0.25, 0.3) is 11.1 Å². The molecule has 2 fully saturated rings. The number of thioether (sulfide) groups is 1. The Kier molecular flexibility index (Phi) is 6.74. The molecule has 150 valence electrons. The van der Waals surface area contributed by atoms with E-state index in [0.717, 1.165) is 35.9 Å². The Hall–Kier alpha value is -2.32. The first-order valence-corrected chi connectivity index (χ1v) is 10.2. The van der Waals surface area contributed by atoms with Crippen molar-refractivity contribution in [2.75, 3.05) is 26.8 Å². The molecule has 0 bridgehead atoms. The molecule has 3 rings (SSSR count). The molecule has 2 aliphatic heterocycles. The summed E-state index contributed by atoms with van der Waals surface area (Å²) in [6, 6.07) is 7.18. The van der Waals surface area contributed by atoms with Gasteiger partial charge in [-0.1, -0.05) is 18.2 Å². The maximum atomic E-state index is 12.7. The second-order valence-corrected chi connectivity index (χ2v) is 7.75. The third-order valence-electron chi connectivity index (χ3n) is 5.00. The van der Waals surface area contributed by atoms with E-state index < -0.39 is 11.1 Å². The zero-order valence-corrected chi connectivity index (χ0v) is 16.6. The Morgan fingerprint density at radius 1 is 1.32 bits per heavy atom. The van der Waals surface area contributed by atoms with E-state index in [9.17, 15) is 19.5 Å². The van der Waals surface area contributed by atoms with Crippen LogP contribution in [0.25, 0.3) is 6.08 Å². The fourth-order valence-electron chi connectivity index (χ4n) is 3.57. The van der Waals surface area contributed by atoms with Crippen LogP contribution in [0.4, 0.5) is 4.79 Å². The zero-order chi connectivity index (χ0) is 20.1. The van der Waals surface area contributed by atoms with Crippen LogP contribution < -0.4 is 4.74 Å². The number of ether oxygens (including phenoxy) is 1. The van der Waals surface area contributed by atoms with Crippen LogP contribution in [-0.4, -0.2) is 64.8 Å². The molecular formula is C20H24N2O5S. The molecule has 1 N–H and O–H groups in total. The van der Waals surface area contributed by atoms with Gasteiger partial charge in [0.15, 0.2) is 0 Å². The van der Waals surface area contributed by atoms with Crippen molar-refractivity contribution in [3.05, 3.63) is 34.7 Å². The molecule has 3 amide bonds. The van der Waals surface area contributed by atoms with Crippen molar-refractivity contribution in [3.8, 4) is 5.75 Å². The van der Waals surface area contributed by atoms with E-state index in [4.69, 9.17) is 4.74 Å². The summed E-state index contributed by atoms with van der Waals surface area (Å²) in [5.41, 5.74) is 0.695. The van der Waals surface area contributed by atoms with Crippen molar-refractivity contribution >= 4 is 34.9 Å². The summed E-state index contributed by atoms with van der Waals surface area (Å²) in [7, 11) is 1.54. The van der Waals surface area contributed by atoms with Gasteiger partial charge in [-0.25, -0.2) is 0 Å². The van der Waals surface area contributed by atoms with E-state index >= 15 is 0 Å². The highest BCUT2D eigenvalue weighted by molar-refractivity contribution is 8.18. The van der Waals surface area contributed by atoms with E-state index in [0.29, 0.717) is 24.3 Å². The van der Waals surface area contributed by atoms with Gasteiger partial charge in [0.2, 0.25) is 5.91 Å². The molecule has 0 unspecified atom stereocenters. The zero-order valence-electron chi connectivity index (χ0n) is 15.8.